The third-order valence-corrected chi connectivity index (χ3v) is 4.52. The molecule has 1 fully saturated rings. The van der Waals surface area contributed by atoms with Gasteiger partial charge in [-0.15, -0.1) is 11.8 Å². The van der Waals surface area contributed by atoms with E-state index in [1.807, 2.05) is 0 Å². The zero-order valence-electron chi connectivity index (χ0n) is 11.1. The average molecular weight is 278 g/mol. The Morgan fingerprint density at radius 3 is 2.28 bits per heavy atom. The van der Waals surface area contributed by atoms with Gasteiger partial charge in [0.05, 0.1) is 6.61 Å². The largest absolute Gasteiger partial charge is 0.394 e. The molecule has 4 unspecified atom stereocenters. The lowest BCUT2D eigenvalue weighted by atomic mass is 10.1. The Balaban J connectivity index is 2.05. The van der Waals surface area contributed by atoms with Crippen LogP contribution in [-0.2, 0) is 4.74 Å². The van der Waals surface area contributed by atoms with Gasteiger partial charge in [-0.25, -0.2) is 0 Å². The summed E-state index contributed by atoms with van der Waals surface area (Å²) in [6.45, 7) is 1.96. The fourth-order valence-corrected chi connectivity index (χ4v) is 3.27. The lowest BCUT2D eigenvalue weighted by Gasteiger charge is -2.13. The first-order valence-electron chi connectivity index (χ1n) is 6.94. The van der Waals surface area contributed by atoms with Crippen LogP contribution in [0.5, 0.6) is 0 Å². The zero-order valence-corrected chi connectivity index (χ0v) is 11.9. The normalized spacial score (nSPS) is 32.0. The number of unbranched alkanes of at least 4 members (excludes halogenated alkanes) is 5. The third-order valence-electron chi connectivity index (χ3n) is 3.28. The predicted octanol–water partition coefficient (Wildman–Crippen LogP) is 1.52. The first kappa shape index (κ1) is 16.2. The van der Waals surface area contributed by atoms with Crippen LogP contribution >= 0.6 is 11.8 Å². The molecule has 0 aromatic heterocycles. The minimum absolute atomic E-state index is 0.244. The lowest BCUT2D eigenvalue weighted by Crippen LogP contribution is -2.33. The molecule has 1 aliphatic rings. The molecule has 18 heavy (non-hydrogen) atoms. The highest BCUT2D eigenvalue weighted by molar-refractivity contribution is 7.99. The van der Waals surface area contributed by atoms with E-state index < -0.39 is 23.7 Å². The van der Waals surface area contributed by atoms with Gasteiger partial charge in [-0.1, -0.05) is 39.0 Å². The maximum Gasteiger partial charge on any atom is 0.132 e. The summed E-state index contributed by atoms with van der Waals surface area (Å²) in [6, 6.07) is 0. The Kier molecular flexibility index (Phi) is 8.26. The minimum Gasteiger partial charge on any atom is -0.394 e. The van der Waals surface area contributed by atoms with Crippen molar-refractivity contribution < 1.29 is 20.1 Å². The van der Waals surface area contributed by atoms with E-state index in [4.69, 9.17) is 9.84 Å². The third kappa shape index (κ3) is 5.05. The quantitative estimate of drug-likeness (QED) is 0.558. The van der Waals surface area contributed by atoms with Crippen molar-refractivity contribution in [2.75, 3.05) is 12.4 Å². The van der Waals surface area contributed by atoms with Crippen molar-refractivity contribution in [2.24, 2.45) is 0 Å². The molecule has 1 aliphatic heterocycles. The molecule has 1 rings (SSSR count). The molecule has 0 aromatic carbocycles. The number of aliphatic hydroxyl groups excluding tert-OH is 3. The molecule has 0 aromatic rings. The molecule has 0 bridgehead atoms. The van der Waals surface area contributed by atoms with Crippen molar-refractivity contribution in [3.05, 3.63) is 0 Å². The fraction of sp³-hybridized carbons (Fsp3) is 1.00. The summed E-state index contributed by atoms with van der Waals surface area (Å²) in [7, 11) is 0. The summed E-state index contributed by atoms with van der Waals surface area (Å²) >= 11 is 1.54. The Morgan fingerprint density at radius 2 is 1.67 bits per heavy atom. The van der Waals surface area contributed by atoms with Crippen LogP contribution in [0.2, 0.25) is 0 Å². The van der Waals surface area contributed by atoms with E-state index in [-0.39, 0.29) is 6.61 Å². The standard InChI is InChI=1S/C13H26O4S/c1-2-3-4-5-6-7-8-18-13-12(16)11(15)10(9-14)17-13/h10-16H,2-9H2,1H3. The van der Waals surface area contributed by atoms with Crippen molar-refractivity contribution >= 4 is 11.8 Å². The highest BCUT2D eigenvalue weighted by atomic mass is 32.2. The molecule has 0 spiro atoms. The molecule has 5 heteroatoms. The summed E-state index contributed by atoms with van der Waals surface area (Å²) in [5.74, 6) is 0.929. The molecule has 0 saturated carbocycles. The van der Waals surface area contributed by atoms with Gasteiger partial charge in [0, 0.05) is 0 Å². The van der Waals surface area contributed by atoms with Crippen LogP contribution in [0.25, 0.3) is 0 Å². The molecule has 0 radical (unpaired) electrons. The van der Waals surface area contributed by atoms with Crippen molar-refractivity contribution in [2.45, 2.75) is 69.2 Å². The molecule has 4 atom stereocenters. The summed E-state index contributed by atoms with van der Waals surface area (Å²) in [5, 5.41) is 28.3. The molecular weight excluding hydrogens is 252 g/mol. The van der Waals surface area contributed by atoms with Gasteiger partial charge in [-0.3, -0.25) is 0 Å². The Morgan fingerprint density at radius 1 is 1.00 bits per heavy atom. The van der Waals surface area contributed by atoms with E-state index in [1.165, 1.54) is 43.9 Å². The lowest BCUT2D eigenvalue weighted by molar-refractivity contribution is -0.00808. The van der Waals surface area contributed by atoms with Gasteiger partial charge in [0.15, 0.2) is 0 Å². The van der Waals surface area contributed by atoms with Crippen LogP contribution < -0.4 is 0 Å². The van der Waals surface area contributed by atoms with Crippen LogP contribution in [0.1, 0.15) is 45.4 Å². The van der Waals surface area contributed by atoms with Crippen LogP contribution in [-0.4, -0.2) is 51.4 Å². The zero-order chi connectivity index (χ0) is 13.4. The molecule has 3 N–H and O–H groups in total. The van der Waals surface area contributed by atoms with Gasteiger partial charge in [0.25, 0.3) is 0 Å². The second-order valence-corrected chi connectivity index (χ2v) is 6.05. The van der Waals surface area contributed by atoms with Crippen molar-refractivity contribution in [3.8, 4) is 0 Å². The van der Waals surface area contributed by atoms with Crippen molar-refractivity contribution in [3.63, 3.8) is 0 Å². The number of hydrogen-bond acceptors (Lipinski definition) is 5. The summed E-state index contributed by atoms with van der Waals surface area (Å²) in [5.41, 5.74) is -0.396. The fourth-order valence-electron chi connectivity index (χ4n) is 2.08. The summed E-state index contributed by atoms with van der Waals surface area (Å²) in [6.07, 6.45) is 4.98. The van der Waals surface area contributed by atoms with Gasteiger partial charge in [-0.05, 0) is 12.2 Å². The van der Waals surface area contributed by atoms with Gasteiger partial charge in [-0.2, -0.15) is 0 Å². The number of ether oxygens (including phenoxy) is 1. The second kappa shape index (κ2) is 9.15. The van der Waals surface area contributed by atoms with E-state index in [9.17, 15) is 10.2 Å². The summed E-state index contributed by atoms with van der Waals surface area (Å²) in [4.78, 5) is 0. The smallest absolute Gasteiger partial charge is 0.132 e. The average Bonchev–Trinajstić information content (AvgIpc) is 2.65. The van der Waals surface area contributed by atoms with E-state index in [2.05, 4.69) is 6.92 Å². The minimum atomic E-state index is -0.961. The summed E-state index contributed by atoms with van der Waals surface area (Å²) < 4.78 is 5.39. The van der Waals surface area contributed by atoms with Gasteiger partial charge in [0.2, 0.25) is 0 Å². The number of aliphatic hydroxyl groups is 3. The van der Waals surface area contributed by atoms with E-state index in [0.29, 0.717) is 0 Å². The number of rotatable bonds is 9. The predicted molar refractivity (Wildman–Crippen MR) is 73.6 cm³/mol. The topological polar surface area (TPSA) is 69.9 Å². The van der Waals surface area contributed by atoms with E-state index in [1.54, 1.807) is 0 Å². The maximum atomic E-state index is 9.72. The molecule has 0 aliphatic carbocycles. The first-order chi connectivity index (χ1) is 8.70. The number of thioether (sulfide) groups is 1. The van der Waals surface area contributed by atoms with Crippen LogP contribution in [0, 0.1) is 0 Å². The SMILES string of the molecule is CCCCCCCCSC1OC(CO)C(O)C1O. The Bertz CT molecular complexity index is 215. The maximum absolute atomic E-state index is 9.72. The van der Waals surface area contributed by atoms with Gasteiger partial charge >= 0.3 is 0 Å². The van der Waals surface area contributed by atoms with Gasteiger partial charge < -0.3 is 20.1 Å². The first-order valence-corrected chi connectivity index (χ1v) is 7.99. The highest BCUT2D eigenvalue weighted by Crippen LogP contribution is 2.29. The molecular formula is C13H26O4S. The number of hydrogen-bond donors (Lipinski definition) is 3. The second-order valence-electron chi connectivity index (χ2n) is 4.85. The molecule has 0 amide bonds. The molecule has 108 valence electrons. The Labute approximate surface area is 114 Å². The molecule has 4 nitrogen and oxygen atoms in total. The Hall–Kier alpha value is 0.190. The van der Waals surface area contributed by atoms with Crippen LogP contribution in [0.15, 0.2) is 0 Å². The van der Waals surface area contributed by atoms with Crippen molar-refractivity contribution in [1.29, 1.82) is 0 Å². The van der Waals surface area contributed by atoms with E-state index >= 15 is 0 Å². The van der Waals surface area contributed by atoms with Crippen molar-refractivity contribution in [1.82, 2.24) is 0 Å². The van der Waals surface area contributed by atoms with Gasteiger partial charge in [0.1, 0.15) is 23.7 Å². The van der Waals surface area contributed by atoms with Crippen LogP contribution in [0.4, 0.5) is 0 Å². The van der Waals surface area contributed by atoms with Crippen LogP contribution in [0.3, 0.4) is 0 Å². The monoisotopic (exact) mass is 278 g/mol. The highest BCUT2D eigenvalue weighted by Gasteiger charge is 2.42. The molecule has 1 saturated heterocycles. The molecule has 1 heterocycles. The van der Waals surface area contributed by atoms with E-state index in [0.717, 1.165) is 12.2 Å².